The number of imidazole rings is 1. The van der Waals surface area contributed by atoms with Crippen LogP contribution in [-0.4, -0.2) is 20.3 Å². The minimum Gasteiger partial charge on any atom is -0.326 e. The van der Waals surface area contributed by atoms with Crippen LogP contribution in [0.25, 0.3) is 17.0 Å². The lowest BCUT2D eigenvalue weighted by Crippen LogP contribution is -2.10. The standard InChI is InChI=1S/C17H18N4O/c1-2-3-8-16(22)19-14-7-4-6-13(11-14)15-12-21-10-5-9-18-17(21)20-15/h4-7,9-12H,2-3,8H2,1H3,(H,19,22). The largest absolute Gasteiger partial charge is 0.326 e. The monoisotopic (exact) mass is 294 g/mol. The smallest absolute Gasteiger partial charge is 0.234 e. The average Bonchev–Trinajstić information content (AvgIpc) is 2.97. The number of unbranched alkanes of at least 4 members (excludes halogenated alkanes) is 1. The number of rotatable bonds is 5. The molecule has 0 aliphatic rings. The maximum atomic E-state index is 11.8. The number of amides is 1. The second-order valence-electron chi connectivity index (χ2n) is 5.19. The molecule has 0 radical (unpaired) electrons. The molecule has 1 amide bonds. The fourth-order valence-electron chi connectivity index (χ4n) is 2.29. The Labute approximate surface area is 129 Å². The van der Waals surface area contributed by atoms with Gasteiger partial charge in [0, 0.05) is 36.3 Å². The first-order valence-corrected chi connectivity index (χ1v) is 7.46. The van der Waals surface area contributed by atoms with Crippen LogP contribution in [0.4, 0.5) is 5.69 Å². The molecule has 0 spiro atoms. The molecule has 1 aromatic carbocycles. The molecule has 0 aliphatic carbocycles. The van der Waals surface area contributed by atoms with Gasteiger partial charge < -0.3 is 5.32 Å². The van der Waals surface area contributed by atoms with Crippen molar-refractivity contribution in [1.82, 2.24) is 14.4 Å². The summed E-state index contributed by atoms with van der Waals surface area (Å²) >= 11 is 0. The van der Waals surface area contributed by atoms with Gasteiger partial charge in [-0.05, 0) is 24.6 Å². The summed E-state index contributed by atoms with van der Waals surface area (Å²) in [6.45, 7) is 2.07. The van der Waals surface area contributed by atoms with Crippen LogP contribution in [0.3, 0.4) is 0 Å². The van der Waals surface area contributed by atoms with Crippen molar-refractivity contribution in [3.8, 4) is 11.3 Å². The molecule has 0 unspecified atom stereocenters. The molecule has 0 aliphatic heterocycles. The first-order chi connectivity index (χ1) is 10.8. The molecule has 1 N–H and O–H groups in total. The molecule has 3 aromatic rings. The summed E-state index contributed by atoms with van der Waals surface area (Å²) in [4.78, 5) is 20.5. The molecule has 3 rings (SSSR count). The van der Waals surface area contributed by atoms with Crippen LogP contribution in [0.2, 0.25) is 0 Å². The number of carbonyl (C=O) groups excluding carboxylic acids is 1. The Balaban J connectivity index is 1.82. The number of hydrogen-bond donors (Lipinski definition) is 1. The first-order valence-electron chi connectivity index (χ1n) is 7.46. The molecule has 0 bridgehead atoms. The van der Waals surface area contributed by atoms with Gasteiger partial charge in [-0.25, -0.2) is 9.97 Å². The van der Waals surface area contributed by atoms with Crippen molar-refractivity contribution in [2.45, 2.75) is 26.2 Å². The van der Waals surface area contributed by atoms with Crippen LogP contribution >= 0.6 is 0 Å². The molecular formula is C17H18N4O. The Kier molecular flexibility index (Phi) is 4.14. The number of hydrogen-bond acceptors (Lipinski definition) is 3. The number of anilines is 1. The quantitative estimate of drug-likeness (QED) is 0.783. The van der Waals surface area contributed by atoms with E-state index in [1.54, 1.807) is 6.20 Å². The molecule has 0 saturated heterocycles. The van der Waals surface area contributed by atoms with Crippen LogP contribution in [0, 0.1) is 0 Å². The summed E-state index contributed by atoms with van der Waals surface area (Å²) in [5.41, 5.74) is 2.59. The number of nitrogens with one attached hydrogen (secondary N) is 1. The summed E-state index contributed by atoms with van der Waals surface area (Å²) in [7, 11) is 0. The molecule has 2 aromatic heterocycles. The van der Waals surface area contributed by atoms with E-state index in [9.17, 15) is 4.79 Å². The van der Waals surface area contributed by atoms with Crippen molar-refractivity contribution in [1.29, 1.82) is 0 Å². The van der Waals surface area contributed by atoms with Crippen LogP contribution in [0.1, 0.15) is 26.2 Å². The van der Waals surface area contributed by atoms with Crippen LogP contribution in [-0.2, 0) is 4.79 Å². The Bertz CT molecular complexity index is 761. The second-order valence-corrected chi connectivity index (χ2v) is 5.19. The van der Waals surface area contributed by atoms with Crippen LogP contribution in [0.15, 0.2) is 48.9 Å². The van der Waals surface area contributed by atoms with Crippen molar-refractivity contribution >= 4 is 17.4 Å². The van der Waals surface area contributed by atoms with E-state index < -0.39 is 0 Å². The minimum atomic E-state index is 0.0515. The summed E-state index contributed by atoms with van der Waals surface area (Å²) in [6, 6.07) is 9.58. The van der Waals surface area contributed by atoms with Gasteiger partial charge in [-0.2, -0.15) is 0 Å². The molecule has 5 heteroatoms. The summed E-state index contributed by atoms with van der Waals surface area (Å²) in [5, 5.41) is 2.93. The zero-order valence-electron chi connectivity index (χ0n) is 12.5. The van der Waals surface area contributed by atoms with E-state index in [4.69, 9.17) is 0 Å². The molecule has 0 saturated carbocycles. The Hall–Kier alpha value is -2.69. The number of aromatic nitrogens is 3. The number of fused-ring (bicyclic) bond motifs is 1. The highest BCUT2D eigenvalue weighted by atomic mass is 16.1. The van der Waals surface area contributed by atoms with Gasteiger partial charge >= 0.3 is 0 Å². The van der Waals surface area contributed by atoms with Crippen molar-refractivity contribution < 1.29 is 4.79 Å². The van der Waals surface area contributed by atoms with E-state index in [1.165, 1.54) is 0 Å². The van der Waals surface area contributed by atoms with Crippen molar-refractivity contribution in [2.24, 2.45) is 0 Å². The fourth-order valence-corrected chi connectivity index (χ4v) is 2.29. The van der Waals surface area contributed by atoms with Gasteiger partial charge in [-0.1, -0.05) is 25.5 Å². The van der Waals surface area contributed by atoms with Gasteiger partial charge in [0.2, 0.25) is 11.7 Å². The lowest BCUT2D eigenvalue weighted by molar-refractivity contribution is -0.116. The van der Waals surface area contributed by atoms with Crippen LogP contribution in [0.5, 0.6) is 0 Å². The van der Waals surface area contributed by atoms with E-state index in [1.807, 2.05) is 47.1 Å². The van der Waals surface area contributed by atoms with Gasteiger partial charge in [0.05, 0.1) is 5.69 Å². The Morgan fingerprint density at radius 1 is 1.32 bits per heavy atom. The number of benzene rings is 1. The molecule has 5 nitrogen and oxygen atoms in total. The van der Waals surface area contributed by atoms with Crippen molar-refractivity contribution in [3.63, 3.8) is 0 Å². The van der Waals surface area contributed by atoms with Crippen LogP contribution < -0.4 is 5.32 Å². The van der Waals surface area contributed by atoms with E-state index in [2.05, 4.69) is 22.2 Å². The van der Waals surface area contributed by atoms with E-state index >= 15 is 0 Å². The molecule has 0 fully saturated rings. The SMILES string of the molecule is CCCCC(=O)Nc1cccc(-c2cn3cccnc3n2)c1. The highest BCUT2D eigenvalue weighted by Gasteiger charge is 2.07. The van der Waals surface area contributed by atoms with E-state index in [0.29, 0.717) is 12.2 Å². The third kappa shape index (κ3) is 3.14. The van der Waals surface area contributed by atoms with Gasteiger partial charge in [0.15, 0.2) is 0 Å². The lowest BCUT2D eigenvalue weighted by atomic mass is 10.1. The zero-order chi connectivity index (χ0) is 15.4. The summed E-state index contributed by atoms with van der Waals surface area (Å²) in [5.74, 6) is 0.713. The third-order valence-electron chi connectivity index (χ3n) is 3.43. The maximum Gasteiger partial charge on any atom is 0.234 e. The van der Waals surface area contributed by atoms with Gasteiger partial charge in [0.25, 0.3) is 0 Å². The number of carbonyl (C=O) groups is 1. The Morgan fingerprint density at radius 2 is 2.23 bits per heavy atom. The fraction of sp³-hybridized carbons (Fsp3) is 0.235. The molecule has 112 valence electrons. The summed E-state index contributed by atoms with van der Waals surface area (Å²) in [6.07, 6.45) is 8.04. The van der Waals surface area contributed by atoms with E-state index in [-0.39, 0.29) is 5.91 Å². The van der Waals surface area contributed by atoms with Gasteiger partial charge in [-0.15, -0.1) is 0 Å². The number of nitrogens with zero attached hydrogens (tertiary/aromatic N) is 3. The topological polar surface area (TPSA) is 59.3 Å². The molecule has 2 heterocycles. The zero-order valence-corrected chi connectivity index (χ0v) is 12.5. The molecule has 22 heavy (non-hydrogen) atoms. The van der Waals surface area contributed by atoms with Gasteiger partial charge in [0.1, 0.15) is 0 Å². The third-order valence-corrected chi connectivity index (χ3v) is 3.43. The predicted molar refractivity (Wildman–Crippen MR) is 86.6 cm³/mol. The maximum absolute atomic E-state index is 11.8. The lowest BCUT2D eigenvalue weighted by Gasteiger charge is -2.06. The second kappa shape index (κ2) is 6.39. The van der Waals surface area contributed by atoms with E-state index in [0.717, 1.165) is 29.8 Å². The summed E-state index contributed by atoms with van der Waals surface area (Å²) < 4.78 is 1.88. The van der Waals surface area contributed by atoms with Gasteiger partial charge in [-0.3, -0.25) is 9.20 Å². The molecule has 0 atom stereocenters. The highest BCUT2D eigenvalue weighted by Crippen LogP contribution is 2.22. The highest BCUT2D eigenvalue weighted by molar-refractivity contribution is 5.91. The van der Waals surface area contributed by atoms with Crippen molar-refractivity contribution in [2.75, 3.05) is 5.32 Å². The van der Waals surface area contributed by atoms with Crippen molar-refractivity contribution in [3.05, 3.63) is 48.9 Å². The normalized spacial score (nSPS) is 10.8. The predicted octanol–water partition coefficient (Wildman–Crippen LogP) is 3.53. The minimum absolute atomic E-state index is 0.0515. The Morgan fingerprint density at radius 3 is 3.05 bits per heavy atom. The average molecular weight is 294 g/mol. The molecular weight excluding hydrogens is 276 g/mol. The first kappa shape index (κ1) is 14.3.